The highest BCUT2D eigenvalue weighted by Gasteiger charge is 2.38. The van der Waals surface area contributed by atoms with Crippen LogP contribution in [-0.4, -0.2) is 96.5 Å². The van der Waals surface area contributed by atoms with Crippen molar-refractivity contribution >= 4 is 23.2 Å². The monoisotopic (exact) mass is 616 g/mol. The van der Waals surface area contributed by atoms with Crippen LogP contribution in [0.2, 0.25) is 0 Å². The SMILES string of the molecule is CC[C@@H]1C(=O)N(C)c2cnc(Cc3ccc(C(=O)CC4CCC(N5CCN(CC6CC6)CC5)CC4)cc3OC)nc2N1C(C)C. The highest BCUT2D eigenvalue weighted by Crippen LogP contribution is 2.37. The van der Waals surface area contributed by atoms with Gasteiger partial charge in [0.1, 0.15) is 23.3 Å². The van der Waals surface area contributed by atoms with Gasteiger partial charge in [-0.2, -0.15) is 0 Å². The number of piperazine rings is 1. The molecule has 244 valence electrons. The Balaban J connectivity index is 1.06. The predicted octanol–water partition coefficient (Wildman–Crippen LogP) is 5.21. The summed E-state index contributed by atoms with van der Waals surface area (Å²) < 4.78 is 5.77. The normalized spacial score (nSPS) is 24.7. The van der Waals surface area contributed by atoms with Gasteiger partial charge in [-0.3, -0.25) is 14.5 Å². The molecule has 1 atom stereocenters. The maximum atomic E-state index is 13.4. The van der Waals surface area contributed by atoms with Crippen molar-refractivity contribution < 1.29 is 14.3 Å². The van der Waals surface area contributed by atoms with Crippen molar-refractivity contribution in [1.82, 2.24) is 19.8 Å². The highest BCUT2D eigenvalue weighted by molar-refractivity contribution is 6.04. The molecule has 3 heterocycles. The molecular weight excluding hydrogens is 564 g/mol. The Morgan fingerprint density at radius 3 is 2.38 bits per heavy atom. The van der Waals surface area contributed by atoms with E-state index < -0.39 is 0 Å². The molecule has 9 heteroatoms. The second-order valence-corrected chi connectivity index (χ2v) is 14.1. The minimum absolute atomic E-state index is 0.0717. The molecule has 0 unspecified atom stereocenters. The number of aromatic nitrogens is 2. The number of benzene rings is 1. The van der Waals surface area contributed by atoms with Crippen LogP contribution in [0.5, 0.6) is 5.75 Å². The lowest BCUT2D eigenvalue weighted by atomic mass is 9.81. The second kappa shape index (κ2) is 13.8. The number of ether oxygens (including phenoxy) is 1. The average molecular weight is 617 g/mol. The van der Waals surface area contributed by atoms with E-state index in [1.807, 2.05) is 25.1 Å². The molecule has 2 aliphatic carbocycles. The lowest BCUT2D eigenvalue weighted by Crippen LogP contribution is -2.55. The molecule has 45 heavy (non-hydrogen) atoms. The van der Waals surface area contributed by atoms with Crippen LogP contribution in [0.15, 0.2) is 24.4 Å². The number of anilines is 2. The summed E-state index contributed by atoms with van der Waals surface area (Å²) in [7, 11) is 3.45. The molecule has 1 amide bonds. The molecule has 6 rings (SSSR count). The lowest BCUT2D eigenvalue weighted by molar-refractivity contribution is -0.120. The Morgan fingerprint density at radius 1 is 1.02 bits per heavy atom. The van der Waals surface area contributed by atoms with Gasteiger partial charge in [0.2, 0.25) is 5.91 Å². The summed E-state index contributed by atoms with van der Waals surface area (Å²) >= 11 is 0. The van der Waals surface area contributed by atoms with Crippen LogP contribution in [0.3, 0.4) is 0 Å². The Morgan fingerprint density at radius 2 is 1.73 bits per heavy atom. The van der Waals surface area contributed by atoms with E-state index in [2.05, 4.69) is 33.5 Å². The van der Waals surface area contributed by atoms with Crippen molar-refractivity contribution in [3.05, 3.63) is 41.3 Å². The van der Waals surface area contributed by atoms with Gasteiger partial charge in [0.15, 0.2) is 11.6 Å². The maximum absolute atomic E-state index is 13.4. The number of nitrogens with zero attached hydrogens (tertiary/aromatic N) is 6. The number of fused-ring (bicyclic) bond motifs is 1. The third kappa shape index (κ3) is 7.04. The number of carbonyl (C=O) groups excluding carboxylic acids is 2. The third-order valence-corrected chi connectivity index (χ3v) is 10.7. The van der Waals surface area contributed by atoms with E-state index in [1.54, 1.807) is 25.3 Å². The highest BCUT2D eigenvalue weighted by atomic mass is 16.5. The van der Waals surface area contributed by atoms with Crippen LogP contribution in [0.4, 0.5) is 11.5 Å². The number of hydrogen-bond acceptors (Lipinski definition) is 8. The number of likely N-dealkylation sites (N-methyl/N-ethyl adjacent to an activating group) is 1. The largest absolute Gasteiger partial charge is 0.496 e. The van der Waals surface area contributed by atoms with Crippen LogP contribution in [0.1, 0.15) is 93.9 Å². The standard InChI is InChI=1S/C36H52N6O3/c1-6-30-36(44)39(4)31-22-37-34(38-35(31)42(30)24(2)3)21-28-12-11-27(20-33(28)45-5)32(43)19-25-9-13-29(14-10-25)41-17-15-40(16-18-41)23-26-7-8-26/h11-12,20,22,24-26,29-30H,6-10,13-19,21,23H2,1-5H3/t25?,29?,30-/m1/s1. The molecule has 2 saturated carbocycles. The predicted molar refractivity (Wildman–Crippen MR) is 178 cm³/mol. The van der Waals surface area contributed by atoms with Gasteiger partial charge in [-0.25, -0.2) is 9.97 Å². The van der Waals surface area contributed by atoms with Gasteiger partial charge in [-0.1, -0.05) is 19.1 Å². The van der Waals surface area contributed by atoms with Crippen molar-refractivity contribution in [2.75, 3.05) is 56.7 Å². The molecule has 2 aromatic rings. The quantitative estimate of drug-likeness (QED) is 0.319. The first kappa shape index (κ1) is 31.9. The van der Waals surface area contributed by atoms with Gasteiger partial charge in [0.05, 0.1) is 13.3 Å². The summed E-state index contributed by atoms with van der Waals surface area (Å²) in [6, 6.07) is 6.38. The summed E-state index contributed by atoms with van der Waals surface area (Å²) in [5, 5.41) is 0. The van der Waals surface area contributed by atoms with Gasteiger partial charge in [-0.15, -0.1) is 0 Å². The third-order valence-electron chi connectivity index (χ3n) is 10.7. The van der Waals surface area contributed by atoms with Crippen molar-refractivity contribution in [2.45, 2.75) is 96.7 Å². The Labute approximate surface area is 269 Å². The fourth-order valence-corrected chi connectivity index (χ4v) is 7.80. The number of amides is 1. The van der Waals surface area contributed by atoms with Gasteiger partial charge in [0.25, 0.3) is 0 Å². The number of Topliss-reactive ketones (excluding diaryl/α,β-unsaturated/α-hetero) is 1. The minimum Gasteiger partial charge on any atom is -0.496 e. The van der Waals surface area contributed by atoms with Gasteiger partial charge < -0.3 is 19.4 Å². The Bertz CT molecular complexity index is 1360. The summed E-state index contributed by atoms with van der Waals surface area (Å²) in [6.07, 6.45) is 11.1. The summed E-state index contributed by atoms with van der Waals surface area (Å²) in [6.45, 7) is 12.4. The van der Waals surface area contributed by atoms with E-state index in [9.17, 15) is 9.59 Å². The van der Waals surface area contributed by atoms with Crippen molar-refractivity contribution in [1.29, 1.82) is 0 Å². The van der Waals surface area contributed by atoms with Gasteiger partial charge in [-0.05, 0) is 76.7 Å². The summed E-state index contributed by atoms with van der Waals surface area (Å²) in [5.41, 5.74) is 2.39. The number of methoxy groups -OCH3 is 1. The van der Waals surface area contributed by atoms with Crippen molar-refractivity contribution in [3.8, 4) is 5.75 Å². The second-order valence-electron chi connectivity index (χ2n) is 14.1. The number of ketones is 1. The average Bonchev–Trinajstić information content (AvgIpc) is 3.87. The summed E-state index contributed by atoms with van der Waals surface area (Å²) in [5.74, 6) is 3.85. The fraction of sp³-hybridized carbons (Fsp3) is 0.667. The lowest BCUT2D eigenvalue weighted by Gasteiger charge is -2.42. The van der Waals surface area contributed by atoms with E-state index in [0.717, 1.165) is 35.8 Å². The van der Waals surface area contributed by atoms with Crippen molar-refractivity contribution in [3.63, 3.8) is 0 Å². The van der Waals surface area contributed by atoms with E-state index in [4.69, 9.17) is 9.72 Å². The smallest absolute Gasteiger partial charge is 0.249 e. The molecule has 0 N–H and O–H groups in total. The molecule has 1 aromatic carbocycles. The molecule has 0 radical (unpaired) electrons. The molecule has 1 saturated heterocycles. The number of rotatable bonds is 11. The van der Waals surface area contributed by atoms with Crippen LogP contribution in [-0.2, 0) is 11.2 Å². The Hall–Kier alpha value is -3.04. The minimum atomic E-state index is -0.243. The molecule has 1 aromatic heterocycles. The van der Waals surface area contributed by atoms with E-state index in [-0.39, 0.29) is 23.8 Å². The Kier molecular flexibility index (Phi) is 9.76. The molecular formula is C36H52N6O3. The first-order chi connectivity index (χ1) is 21.7. The fourth-order valence-electron chi connectivity index (χ4n) is 7.80. The van der Waals surface area contributed by atoms with Crippen LogP contribution in [0.25, 0.3) is 0 Å². The zero-order valence-corrected chi connectivity index (χ0v) is 28.0. The van der Waals surface area contributed by atoms with Gasteiger partial charge >= 0.3 is 0 Å². The van der Waals surface area contributed by atoms with E-state index in [1.165, 1.54) is 58.4 Å². The molecule has 2 aliphatic heterocycles. The van der Waals surface area contributed by atoms with Crippen LogP contribution < -0.4 is 14.5 Å². The molecule has 9 nitrogen and oxygen atoms in total. The van der Waals surface area contributed by atoms with E-state index in [0.29, 0.717) is 48.4 Å². The molecule has 0 spiro atoms. The van der Waals surface area contributed by atoms with Crippen LogP contribution in [0, 0.1) is 11.8 Å². The number of hydrogen-bond donors (Lipinski definition) is 0. The first-order valence-corrected chi connectivity index (χ1v) is 17.3. The molecule has 4 aliphatic rings. The van der Waals surface area contributed by atoms with Crippen LogP contribution >= 0.6 is 0 Å². The zero-order valence-electron chi connectivity index (χ0n) is 28.0. The first-order valence-electron chi connectivity index (χ1n) is 17.3. The summed E-state index contributed by atoms with van der Waals surface area (Å²) in [4.78, 5) is 45.2. The number of carbonyl (C=O) groups is 2. The topological polar surface area (TPSA) is 82.1 Å². The van der Waals surface area contributed by atoms with Crippen molar-refractivity contribution in [2.24, 2.45) is 11.8 Å². The van der Waals surface area contributed by atoms with Gasteiger partial charge in [0, 0.05) is 75.8 Å². The molecule has 0 bridgehead atoms. The zero-order chi connectivity index (χ0) is 31.7. The van der Waals surface area contributed by atoms with E-state index >= 15 is 0 Å². The molecule has 3 fully saturated rings. The maximum Gasteiger partial charge on any atom is 0.249 e.